The Morgan fingerprint density at radius 1 is 1.29 bits per heavy atom. The first kappa shape index (κ1) is 14.0. The fourth-order valence-electron chi connectivity index (χ4n) is 1.98. The summed E-state index contributed by atoms with van der Waals surface area (Å²) in [5.41, 5.74) is 7.03. The summed E-state index contributed by atoms with van der Waals surface area (Å²) in [6, 6.07) is 4.62. The Bertz CT molecular complexity index is 347. The SMILES string of the molecule is CC(C)CC(C)N(C)c1cc(C(C)N)ccn1. The number of nitrogens with two attached hydrogens (primary N) is 1. The lowest BCUT2D eigenvalue weighted by molar-refractivity contribution is 0.502. The molecule has 96 valence electrons. The van der Waals surface area contributed by atoms with Crippen LogP contribution in [0.25, 0.3) is 0 Å². The van der Waals surface area contributed by atoms with E-state index in [2.05, 4.69) is 43.8 Å². The summed E-state index contributed by atoms with van der Waals surface area (Å²) in [6.07, 6.45) is 3.01. The van der Waals surface area contributed by atoms with Crippen LogP contribution in [0, 0.1) is 5.92 Å². The van der Waals surface area contributed by atoms with Gasteiger partial charge in [0.15, 0.2) is 0 Å². The van der Waals surface area contributed by atoms with Crippen LogP contribution in [-0.2, 0) is 0 Å². The van der Waals surface area contributed by atoms with Crippen LogP contribution in [0.4, 0.5) is 5.82 Å². The molecule has 2 unspecified atom stereocenters. The average molecular weight is 235 g/mol. The van der Waals surface area contributed by atoms with Gasteiger partial charge in [-0.05, 0) is 43.9 Å². The van der Waals surface area contributed by atoms with E-state index in [1.165, 1.54) is 6.42 Å². The second-order valence-corrected chi connectivity index (χ2v) is 5.33. The summed E-state index contributed by atoms with van der Waals surface area (Å²) in [5.74, 6) is 1.71. The van der Waals surface area contributed by atoms with E-state index in [1.807, 2.05) is 19.2 Å². The third kappa shape index (κ3) is 4.00. The first-order chi connectivity index (χ1) is 7.91. The zero-order valence-electron chi connectivity index (χ0n) is 11.6. The van der Waals surface area contributed by atoms with Crippen molar-refractivity contribution in [3.05, 3.63) is 23.9 Å². The number of hydrogen-bond acceptors (Lipinski definition) is 3. The molecule has 3 heteroatoms. The van der Waals surface area contributed by atoms with Gasteiger partial charge in [0.25, 0.3) is 0 Å². The van der Waals surface area contributed by atoms with Crippen LogP contribution in [-0.4, -0.2) is 18.1 Å². The van der Waals surface area contributed by atoms with E-state index in [1.54, 1.807) is 0 Å². The molecule has 0 saturated heterocycles. The molecule has 1 heterocycles. The molecule has 0 aliphatic rings. The molecule has 1 rings (SSSR count). The smallest absolute Gasteiger partial charge is 0.128 e. The van der Waals surface area contributed by atoms with E-state index < -0.39 is 0 Å². The van der Waals surface area contributed by atoms with Crippen molar-refractivity contribution < 1.29 is 0 Å². The summed E-state index contributed by atoms with van der Waals surface area (Å²) >= 11 is 0. The zero-order chi connectivity index (χ0) is 13.0. The molecule has 17 heavy (non-hydrogen) atoms. The van der Waals surface area contributed by atoms with Crippen LogP contribution < -0.4 is 10.6 Å². The number of aromatic nitrogens is 1. The minimum atomic E-state index is 0.0607. The van der Waals surface area contributed by atoms with Gasteiger partial charge in [0, 0.05) is 25.3 Å². The first-order valence-electron chi connectivity index (χ1n) is 6.36. The molecule has 2 atom stereocenters. The van der Waals surface area contributed by atoms with Crippen LogP contribution in [0.3, 0.4) is 0 Å². The van der Waals surface area contributed by atoms with Crippen LogP contribution in [0.1, 0.15) is 45.7 Å². The molecule has 0 aromatic carbocycles. The lowest BCUT2D eigenvalue weighted by atomic mass is 10.0. The van der Waals surface area contributed by atoms with Crippen LogP contribution in [0.15, 0.2) is 18.3 Å². The van der Waals surface area contributed by atoms with Crippen LogP contribution in [0.2, 0.25) is 0 Å². The lowest BCUT2D eigenvalue weighted by Gasteiger charge is -2.27. The fraction of sp³-hybridized carbons (Fsp3) is 0.643. The highest BCUT2D eigenvalue weighted by molar-refractivity contribution is 5.41. The normalized spacial score (nSPS) is 14.8. The van der Waals surface area contributed by atoms with Gasteiger partial charge in [0.05, 0.1) is 0 Å². The summed E-state index contributed by atoms with van der Waals surface area (Å²) in [4.78, 5) is 6.65. The Morgan fingerprint density at radius 3 is 2.47 bits per heavy atom. The number of anilines is 1. The average Bonchev–Trinajstić information content (AvgIpc) is 2.27. The van der Waals surface area contributed by atoms with Gasteiger partial charge in [-0.2, -0.15) is 0 Å². The molecule has 1 aromatic rings. The third-order valence-corrected chi connectivity index (χ3v) is 3.13. The Balaban J connectivity index is 2.81. The number of rotatable bonds is 5. The third-order valence-electron chi connectivity index (χ3n) is 3.13. The molecule has 0 fully saturated rings. The van der Waals surface area contributed by atoms with Crippen molar-refractivity contribution in [2.24, 2.45) is 11.7 Å². The molecule has 0 aliphatic heterocycles. The molecule has 0 saturated carbocycles. The molecule has 3 nitrogen and oxygen atoms in total. The van der Waals surface area contributed by atoms with Gasteiger partial charge in [-0.25, -0.2) is 4.98 Å². The predicted molar refractivity (Wildman–Crippen MR) is 74.2 cm³/mol. The van der Waals surface area contributed by atoms with Gasteiger partial charge in [-0.1, -0.05) is 13.8 Å². The van der Waals surface area contributed by atoms with Crippen molar-refractivity contribution in [2.75, 3.05) is 11.9 Å². The largest absolute Gasteiger partial charge is 0.357 e. The van der Waals surface area contributed by atoms with E-state index >= 15 is 0 Å². The second kappa shape index (κ2) is 6.01. The van der Waals surface area contributed by atoms with E-state index in [-0.39, 0.29) is 6.04 Å². The Hall–Kier alpha value is -1.09. The Labute approximate surface area is 105 Å². The highest BCUT2D eigenvalue weighted by atomic mass is 15.2. The quantitative estimate of drug-likeness (QED) is 0.853. The zero-order valence-corrected chi connectivity index (χ0v) is 11.6. The maximum Gasteiger partial charge on any atom is 0.128 e. The molecular weight excluding hydrogens is 210 g/mol. The maximum atomic E-state index is 5.89. The lowest BCUT2D eigenvalue weighted by Crippen LogP contribution is -2.30. The number of hydrogen-bond donors (Lipinski definition) is 1. The summed E-state index contributed by atoms with van der Waals surface area (Å²) < 4.78 is 0. The van der Waals surface area contributed by atoms with Gasteiger partial charge in [0.1, 0.15) is 5.82 Å². The van der Waals surface area contributed by atoms with Gasteiger partial charge in [0.2, 0.25) is 0 Å². The number of pyridine rings is 1. The molecule has 0 aliphatic carbocycles. The van der Waals surface area contributed by atoms with Crippen molar-refractivity contribution in [3.63, 3.8) is 0 Å². The van der Waals surface area contributed by atoms with Gasteiger partial charge >= 0.3 is 0 Å². The topological polar surface area (TPSA) is 42.1 Å². The van der Waals surface area contributed by atoms with Crippen LogP contribution in [0.5, 0.6) is 0 Å². The van der Waals surface area contributed by atoms with Crippen molar-refractivity contribution >= 4 is 5.82 Å². The Morgan fingerprint density at radius 2 is 1.94 bits per heavy atom. The van der Waals surface area contributed by atoms with Crippen molar-refractivity contribution in [3.8, 4) is 0 Å². The molecule has 2 N–H and O–H groups in total. The molecule has 0 amide bonds. The fourth-order valence-corrected chi connectivity index (χ4v) is 1.98. The van der Waals surface area contributed by atoms with Crippen molar-refractivity contribution in [1.82, 2.24) is 4.98 Å². The minimum absolute atomic E-state index is 0.0607. The minimum Gasteiger partial charge on any atom is -0.357 e. The molecule has 0 bridgehead atoms. The molecule has 1 aromatic heterocycles. The first-order valence-corrected chi connectivity index (χ1v) is 6.36. The van der Waals surface area contributed by atoms with E-state index in [0.717, 1.165) is 11.4 Å². The standard InChI is InChI=1S/C14H25N3/c1-10(2)8-11(3)17(5)14-9-13(12(4)15)6-7-16-14/h6-7,9-12H,8,15H2,1-5H3. The monoisotopic (exact) mass is 235 g/mol. The summed E-state index contributed by atoms with van der Waals surface area (Å²) in [5, 5.41) is 0. The molecule has 0 spiro atoms. The summed E-state index contributed by atoms with van der Waals surface area (Å²) in [6.45, 7) is 8.73. The Kier molecular flexibility index (Phi) is 4.94. The summed E-state index contributed by atoms with van der Waals surface area (Å²) in [7, 11) is 2.10. The van der Waals surface area contributed by atoms with Crippen molar-refractivity contribution in [2.45, 2.75) is 46.2 Å². The van der Waals surface area contributed by atoms with Crippen LogP contribution >= 0.6 is 0 Å². The molecule has 0 radical (unpaired) electrons. The predicted octanol–water partition coefficient (Wildman–Crippen LogP) is 2.97. The van der Waals surface area contributed by atoms with Crippen molar-refractivity contribution in [1.29, 1.82) is 0 Å². The van der Waals surface area contributed by atoms with E-state index in [4.69, 9.17) is 5.73 Å². The highest BCUT2D eigenvalue weighted by Gasteiger charge is 2.13. The van der Waals surface area contributed by atoms with Gasteiger partial charge in [-0.15, -0.1) is 0 Å². The second-order valence-electron chi connectivity index (χ2n) is 5.33. The number of nitrogens with zero attached hydrogens (tertiary/aromatic N) is 2. The van der Waals surface area contributed by atoms with E-state index in [9.17, 15) is 0 Å². The van der Waals surface area contributed by atoms with Gasteiger partial charge in [-0.3, -0.25) is 0 Å². The maximum absolute atomic E-state index is 5.89. The molecular formula is C14H25N3. The van der Waals surface area contributed by atoms with E-state index in [0.29, 0.717) is 12.0 Å². The van der Waals surface area contributed by atoms with Gasteiger partial charge < -0.3 is 10.6 Å². The highest BCUT2D eigenvalue weighted by Crippen LogP contribution is 2.19.